The summed E-state index contributed by atoms with van der Waals surface area (Å²) in [5.74, 6) is 0.573. The van der Waals surface area contributed by atoms with Crippen molar-refractivity contribution in [3.05, 3.63) is 59.7 Å². The van der Waals surface area contributed by atoms with E-state index in [4.69, 9.17) is 0 Å². The Labute approximate surface area is 191 Å². The summed E-state index contributed by atoms with van der Waals surface area (Å²) < 4.78 is 0. The number of amides is 2. The fourth-order valence-electron chi connectivity index (χ4n) is 4.89. The third-order valence-electron chi connectivity index (χ3n) is 6.94. The summed E-state index contributed by atoms with van der Waals surface area (Å²) in [6.07, 6.45) is 5.14. The Balaban J connectivity index is 1.59. The highest BCUT2D eigenvalue weighted by Crippen LogP contribution is 2.31. The van der Waals surface area contributed by atoms with Crippen molar-refractivity contribution in [1.29, 1.82) is 0 Å². The van der Waals surface area contributed by atoms with Crippen LogP contribution in [0.4, 0.5) is 11.4 Å². The summed E-state index contributed by atoms with van der Waals surface area (Å²) in [6.45, 7) is 7.90. The average Bonchev–Trinajstić information content (AvgIpc) is 3.35. The van der Waals surface area contributed by atoms with E-state index in [0.29, 0.717) is 11.3 Å². The molecule has 2 aromatic rings. The number of carbonyl (C=O) groups is 2. The van der Waals surface area contributed by atoms with Crippen molar-refractivity contribution in [1.82, 2.24) is 4.90 Å². The van der Waals surface area contributed by atoms with Crippen LogP contribution >= 0.6 is 0 Å². The molecule has 0 aliphatic carbocycles. The molecule has 1 unspecified atom stereocenters. The first-order chi connectivity index (χ1) is 15.6. The van der Waals surface area contributed by atoms with Gasteiger partial charge in [-0.15, -0.1) is 0 Å². The van der Waals surface area contributed by atoms with E-state index < -0.39 is 0 Å². The van der Waals surface area contributed by atoms with Gasteiger partial charge in [0.15, 0.2) is 0 Å². The molecule has 2 aliphatic rings. The Morgan fingerprint density at radius 3 is 2.34 bits per heavy atom. The largest absolute Gasteiger partial charge is 0.371 e. The van der Waals surface area contributed by atoms with E-state index in [1.54, 1.807) is 0 Å². The molecule has 0 bridgehead atoms. The fraction of sp³-hybridized carbons (Fsp3) is 0.481. The van der Waals surface area contributed by atoms with E-state index in [9.17, 15) is 9.59 Å². The molecule has 0 spiro atoms. The topological polar surface area (TPSA) is 52.7 Å². The number of likely N-dealkylation sites (tertiary alicyclic amines) is 1. The summed E-state index contributed by atoms with van der Waals surface area (Å²) in [4.78, 5) is 30.8. The van der Waals surface area contributed by atoms with Gasteiger partial charge in [-0.1, -0.05) is 44.2 Å². The van der Waals surface area contributed by atoms with Gasteiger partial charge >= 0.3 is 0 Å². The second kappa shape index (κ2) is 10.2. The first kappa shape index (κ1) is 22.4. The third kappa shape index (κ3) is 4.98. The SMILES string of the molecule is CCC(C(=O)Nc1ccc(N2CCC(C)CC2)c(C(=O)N2CCCC2)c1)c1ccccc1. The van der Waals surface area contributed by atoms with Crippen LogP contribution < -0.4 is 10.2 Å². The number of piperidine rings is 1. The number of hydrogen-bond donors (Lipinski definition) is 1. The van der Waals surface area contributed by atoms with Gasteiger partial charge in [0.25, 0.3) is 5.91 Å². The molecule has 1 N–H and O–H groups in total. The van der Waals surface area contributed by atoms with Crippen LogP contribution in [0.25, 0.3) is 0 Å². The minimum absolute atomic E-state index is 0.0298. The number of hydrogen-bond acceptors (Lipinski definition) is 3. The molecule has 0 aromatic heterocycles. The Bertz CT molecular complexity index is 929. The average molecular weight is 434 g/mol. The van der Waals surface area contributed by atoms with Crippen LogP contribution in [-0.4, -0.2) is 42.9 Å². The highest BCUT2D eigenvalue weighted by molar-refractivity contribution is 6.03. The van der Waals surface area contributed by atoms with Gasteiger partial charge in [-0.05, 0) is 61.8 Å². The van der Waals surface area contributed by atoms with E-state index in [0.717, 1.165) is 75.5 Å². The lowest BCUT2D eigenvalue weighted by Crippen LogP contribution is -2.35. The Kier molecular flexibility index (Phi) is 7.13. The highest BCUT2D eigenvalue weighted by atomic mass is 16.2. The van der Waals surface area contributed by atoms with Crippen molar-refractivity contribution >= 4 is 23.2 Å². The maximum Gasteiger partial charge on any atom is 0.256 e. The number of carbonyl (C=O) groups excluding carboxylic acids is 2. The molecule has 2 saturated heterocycles. The number of nitrogens with one attached hydrogen (secondary N) is 1. The molecule has 4 rings (SSSR count). The van der Waals surface area contributed by atoms with E-state index in [2.05, 4.69) is 17.1 Å². The predicted molar refractivity (Wildman–Crippen MR) is 130 cm³/mol. The molecular formula is C27H35N3O2. The summed E-state index contributed by atoms with van der Waals surface area (Å²) in [7, 11) is 0. The van der Waals surface area contributed by atoms with Crippen LogP contribution in [0.5, 0.6) is 0 Å². The molecule has 5 heteroatoms. The molecule has 2 fully saturated rings. The number of anilines is 2. The van der Waals surface area contributed by atoms with E-state index in [1.165, 1.54) is 0 Å². The maximum absolute atomic E-state index is 13.4. The molecule has 32 heavy (non-hydrogen) atoms. The van der Waals surface area contributed by atoms with Crippen LogP contribution in [0, 0.1) is 5.92 Å². The molecule has 0 saturated carbocycles. The van der Waals surface area contributed by atoms with Crippen molar-refractivity contribution < 1.29 is 9.59 Å². The van der Waals surface area contributed by atoms with Crippen molar-refractivity contribution in [3.8, 4) is 0 Å². The van der Waals surface area contributed by atoms with Crippen molar-refractivity contribution in [2.45, 2.75) is 51.9 Å². The first-order valence-corrected chi connectivity index (χ1v) is 12.1. The van der Waals surface area contributed by atoms with Crippen molar-refractivity contribution in [2.24, 2.45) is 5.92 Å². The molecule has 1 atom stereocenters. The van der Waals surface area contributed by atoms with E-state index >= 15 is 0 Å². The molecule has 0 radical (unpaired) electrons. The van der Waals surface area contributed by atoms with Gasteiger partial charge in [-0.3, -0.25) is 9.59 Å². The van der Waals surface area contributed by atoms with Crippen LogP contribution in [0.15, 0.2) is 48.5 Å². The highest BCUT2D eigenvalue weighted by Gasteiger charge is 2.27. The normalized spacial score (nSPS) is 17.9. The lowest BCUT2D eigenvalue weighted by atomic mass is 9.95. The summed E-state index contributed by atoms with van der Waals surface area (Å²) in [5.41, 5.74) is 3.43. The zero-order chi connectivity index (χ0) is 22.5. The molecule has 2 amide bonds. The van der Waals surface area contributed by atoms with Gasteiger partial charge in [-0.25, -0.2) is 0 Å². The zero-order valence-corrected chi connectivity index (χ0v) is 19.3. The monoisotopic (exact) mass is 433 g/mol. The standard InChI is InChI=1S/C27H35N3O2/c1-3-23(21-9-5-4-6-10-21)26(31)28-22-11-12-25(29-17-13-20(2)14-18-29)24(19-22)27(32)30-15-7-8-16-30/h4-6,9-12,19-20,23H,3,7-8,13-18H2,1-2H3,(H,28,31). The van der Waals surface area contributed by atoms with Gasteiger partial charge in [0.05, 0.1) is 11.5 Å². The lowest BCUT2D eigenvalue weighted by molar-refractivity contribution is -0.117. The second-order valence-corrected chi connectivity index (χ2v) is 9.26. The van der Waals surface area contributed by atoms with Crippen LogP contribution in [-0.2, 0) is 4.79 Å². The van der Waals surface area contributed by atoms with Gasteiger partial charge in [0.1, 0.15) is 0 Å². The second-order valence-electron chi connectivity index (χ2n) is 9.26. The summed E-state index contributed by atoms with van der Waals surface area (Å²) >= 11 is 0. The van der Waals surface area contributed by atoms with Crippen molar-refractivity contribution in [3.63, 3.8) is 0 Å². The molecule has 5 nitrogen and oxygen atoms in total. The zero-order valence-electron chi connectivity index (χ0n) is 19.3. The van der Waals surface area contributed by atoms with Crippen LogP contribution in [0.2, 0.25) is 0 Å². The first-order valence-electron chi connectivity index (χ1n) is 12.1. The molecule has 2 aromatic carbocycles. The quantitative estimate of drug-likeness (QED) is 0.673. The molecule has 2 aliphatic heterocycles. The van der Waals surface area contributed by atoms with Crippen LogP contribution in [0.1, 0.15) is 67.8 Å². The molecular weight excluding hydrogens is 398 g/mol. The Morgan fingerprint density at radius 1 is 1.00 bits per heavy atom. The third-order valence-corrected chi connectivity index (χ3v) is 6.94. The fourth-order valence-corrected chi connectivity index (χ4v) is 4.89. The van der Waals surface area contributed by atoms with Crippen LogP contribution in [0.3, 0.4) is 0 Å². The minimum Gasteiger partial charge on any atom is -0.371 e. The molecule has 2 heterocycles. The number of nitrogens with zero attached hydrogens (tertiary/aromatic N) is 2. The summed E-state index contributed by atoms with van der Waals surface area (Å²) in [5, 5.41) is 3.09. The van der Waals surface area contributed by atoms with Gasteiger partial charge in [0, 0.05) is 37.6 Å². The van der Waals surface area contributed by atoms with Gasteiger partial charge < -0.3 is 15.1 Å². The molecule has 170 valence electrons. The number of benzene rings is 2. The van der Waals surface area contributed by atoms with E-state index in [-0.39, 0.29) is 17.7 Å². The Hall–Kier alpha value is -2.82. The van der Waals surface area contributed by atoms with E-state index in [1.807, 2.05) is 60.4 Å². The minimum atomic E-state index is -0.211. The lowest BCUT2D eigenvalue weighted by Gasteiger charge is -2.34. The number of rotatable bonds is 6. The maximum atomic E-state index is 13.4. The summed E-state index contributed by atoms with van der Waals surface area (Å²) in [6, 6.07) is 15.8. The van der Waals surface area contributed by atoms with Gasteiger partial charge in [-0.2, -0.15) is 0 Å². The predicted octanol–water partition coefficient (Wildman–Crippen LogP) is 5.29. The van der Waals surface area contributed by atoms with Crippen molar-refractivity contribution in [2.75, 3.05) is 36.4 Å². The van der Waals surface area contributed by atoms with Gasteiger partial charge in [0.2, 0.25) is 5.91 Å². The smallest absolute Gasteiger partial charge is 0.256 e. The Morgan fingerprint density at radius 2 is 1.69 bits per heavy atom.